The number of nitrogens with two attached hydrogens (primary N) is 1. The molecule has 38 heavy (non-hydrogen) atoms. The number of carbonyl (C=O) groups is 1. The lowest BCUT2D eigenvalue weighted by molar-refractivity contribution is -0.124. The lowest BCUT2D eigenvalue weighted by Crippen LogP contribution is -2.46. The number of carbonyl (C=O) groups excluding carboxylic acids is 1. The minimum atomic E-state index is -1.08. The van der Waals surface area contributed by atoms with E-state index in [4.69, 9.17) is 10.3 Å². The molecule has 1 amide bonds. The Hall–Kier alpha value is -4.60. The number of alkyl halides is 1. The van der Waals surface area contributed by atoms with Crippen LogP contribution in [0.15, 0.2) is 83.2 Å². The predicted molar refractivity (Wildman–Crippen MR) is 140 cm³/mol. The molecule has 1 aromatic carbocycles. The first kappa shape index (κ1) is 23.8. The van der Waals surface area contributed by atoms with Gasteiger partial charge in [-0.3, -0.25) is 9.48 Å². The van der Waals surface area contributed by atoms with E-state index in [9.17, 15) is 9.18 Å². The van der Waals surface area contributed by atoms with Crippen molar-refractivity contribution in [1.82, 2.24) is 24.9 Å². The fraction of sp³-hybridized carbons (Fsp3) is 0.250. The SMILES string of the molecule is Nc1nc(-c2cc(-c3ccon3)n(CC3=CC=CCC3F)n2)ncc1NC(=O)C1(c2ccccc2)CCC1. The molecular formula is C28H26FN7O2. The summed E-state index contributed by atoms with van der Waals surface area (Å²) in [5.74, 6) is 0.290. The Morgan fingerprint density at radius 2 is 2.05 bits per heavy atom. The summed E-state index contributed by atoms with van der Waals surface area (Å²) in [5, 5.41) is 11.6. The van der Waals surface area contributed by atoms with E-state index >= 15 is 0 Å². The van der Waals surface area contributed by atoms with E-state index in [0.29, 0.717) is 34.8 Å². The van der Waals surface area contributed by atoms with Gasteiger partial charge < -0.3 is 15.6 Å². The number of nitrogens with one attached hydrogen (secondary N) is 1. The van der Waals surface area contributed by atoms with Crippen LogP contribution in [0, 0.1) is 0 Å². The molecule has 0 spiro atoms. The van der Waals surface area contributed by atoms with Crippen LogP contribution < -0.4 is 11.1 Å². The van der Waals surface area contributed by atoms with Gasteiger partial charge in [0.25, 0.3) is 0 Å². The summed E-state index contributed by atoms with van der Waals surface area (Å²) in [6.07, 6.45) is 10.1. The van der Waals surface area contributed by atoms with Gasteiger partial charge in [-0.15, -0.1) is 0 Å². The standard InChI is InChI=1S/C28H26FN7O2/c29-20-10-5-4-7-18(20)17-36-24(21-11-14-38-35-21)15-22(34-36)26-31-16-23(25(30)33-26)32-27(37)28(12-6-13-28)19-8-2-1-3-9-19/h1-5,7-9,11,14-16,20H,6,10,12-13,17H2,(H,32,37)(H2,30,31,33). The quantitative estimate of drug-likeness (QED) is 0.363. The van der Waals surface area contributed by atoms with Crippen molar-refractivity contribution in [3.63, 3.8) is 0 Å². The van der Waals surface area contributed by atoms with Crippen molar-refractivity contribution in [1.29, 1.82) is 0 Å². The van der Waals surface area contributed by atoms with Gasteiger partial charge in [-0.25, -0.2) is 14.4 Å². The minimum absolute atomic E-state index is 0.119. The van der Waals surface area contributed by atoms with Crippen LogP contribution in [0.2, 0.25) is 0 Å². The first-order valence-corrected chi connectivity index (χ1v) is 12.5. The second kappa shape index (κ2) is 9.70. The van der Waals surface area contributed by atoms with Crippen molar-refractivity contribution in [2.75, 3.05) is 11.1 Å². The van der Waals surface area contributed by atoms with Crippen molar-refractivity contribution >= 4 is 17.4 Å². The van der Waals surface area contributed by atoms with Crippen LogP contribution in [0.3, 0.4) is 0 Å². The van der Waals surface area contributed by atoms with Crippen LogP contribution in [0.5, 0.6) is 0 Å². The van der Waals surface area contributed by atoms with E-state index in [1.54, 1.807) is 29.0 Å². The maximum absolute atomic E-state index is 14.5. The van der Waals surface area contributed by atoms with Gasteiger partial charge in [-0.05, 0) is 30.0 Å². The van der Waals surface area contributed by atoms with Gasteiger partial charge in [-0.2, -0.15) is 5.10 Å². The van der Waals surface area contributed by atoms with Crippen molar-refractivity contribution in [2.24, 2.45) is 0 Å². The largest absolute Gasteiger partial charge is 0.382 e. The van der Waals surface area contributed by atoms with Crippen LogP contribution in [0.4, 0.5) is 15.9 Å². The van der Waals surface area contributed by atoms with E-state index in [-0.39, 0.29) is 24.1 Å². The summed E-state index contributed by atoms with van der Waals surface area (Å²) in [7, 11) is 0. The van der Waals surface area contributed by atoms with E-state index in [1.165, 1.54) is 12.5 Å². The molecule has 2 aliphatic rings. The highest BCUT2D eigenvalue weighted by Gasteiger charge is 2.45. The zero-order chi connectivity index (χ0) is 26.1. The second-order valence-corrected chi connectivity index (χ2v) is 9.58. The highest BCUT2D eigenvalue weighted by molar-refractivity contribution is 6.01. The van der Waals surface area contributed by atoms with Gasteiger partial charge in [0.05, 0.1) is 23.9 Å². The zero-order valence-corrected chi connectivity index (χ0v) is 20.5. The number of hydrogen-bond donors (Lipinski definition) is 2. The van der Waals surface area contributed by atoms with Crippen LogP contribution in [0.25, 0.3) is 22.9 Å². The van der Waals surface area contributed by atoms with E-state index in [1.807, 2.05) is 36.4 Å². The number of rotatable bonds is 7. The molecule has 3 aromatic heterocycles. The Labute approximate surface area is 218 Å². The topological polar surface area (TPSA) is 125 Å². The summed E-state index contributed by atoms with van der Waals surface area (Å²) in [5.41, 5.74) is 9.25. The van der Waals surface area contributed by atoms with E-state index < -0.39 is 11.6 Å². The Balaban J connectivity index is 1.27. The highest BCUT2D eigenvalue weighted by Crippen LogP contribution is 2.44. The fourth-order valence-electron chi connectivity index (χ4n) is 4.96. The average Bonchev–Trinajstić information content (AvgIpc) is 3.57. The molecule has 1 unspecified atom stereocenters. The molecule has 1 atom stereocenters. The molecule has 0 aliphatic heterocycles. The molecule has 6 rings (SSSR count). The lowest BCUT2D eigenvalue weighted by atomic mass is 9.64. The first-order chi connectivity index (χ1) is 18.5. The molecule has 9 nitrogen and oxygen atoms in total. The van der Waals surface area contributed by atoms with Crippen LogP contribution in [0.1, 0.15) is 31.2 Å². The highest BCUT2D eigenvalue weighted by atomic mass is 19.1. The molecule has 1 fully saturated rings. The Morgan fingerprint density at radius 1 is 1.21 bits per heavy atom. The molecule has 4 aromatic rings. The summed E-state index contributed by atoms with van der Waals surface area (Å²) < 4.78 is 21.2. The summed E-state index contributed by atoms with van der Waals surface area (Å²) in [4.78, 5) is 22.2. The van der Waals surface area contributed by atoms with E-state index in [0.717, 1.165) is 24.8 Å². The van der Waals surface area contributed by atoms with Crippen LogP contribution in [-0.4, -0.2) is 37.0 Å². The van der Waals surface area contributed by atoms with Gasteiger partial charge in [0.1, 0.15) is 29.5 Å². The molecule has 3 N–H and O–H groups in total. The number of allylic oxidation sites excluding steroid dienone is 4. The van der Waals surface area contributed by atoms with Crippen molar-refractivity contribution in [3.05, 3.63) is 84.3 Å². The number of nitrogens with zero attached hydrogens (tertiary/aromatic N) is 5. The number of hydrogen-bond acceptors (Lipinski definition) is 7. The number of nitrogen functional groups attached to an aromatic ring is 1. The monoisotopic (exact) mass is 511 g/mol. The third-order valence-corrected chi connectivity index (χ3v) is 7.27. The third-order valence-electron chi connectivity index (χ3n) is 7.27. The smallest absolute Gasteiger partial charge is 0.235 e. The Kier molecular flexibility index (Phi) is 6.07. The first-order valence-electron chi connectivity index (χ1n) is 12.5. The van der Waals surface area contributed by atoms with Crippen LogP contribution >= 0.6 is 0 Å². The third kappa shape index (κ3) is 4.27. The molecule has 3 heterocycles. The normalized spacial score (nSPS) is 18.0. The minimum Gasteiger partial charge on any atom is -0.382 e. The molecule has 192 valence electrons. The summed E-state index contributed by atoms with van der Waals surface area (Å²) in [6.45, 7) is 0.235. The predicted octanol–water partition coefficient (Wildman–Crippen LogP) is 4.86. The lowest BCUT2D eigenvalue weighted by Gasteiger charge is -2.40. The number of aromatic nitrogens is 5. The summed E-state index contributed by atoms with van der Waals surface area (Å²) in [6, 6.07) is 13.2. The molecule has 0 saturated heterocycles. The van der Waals surface area contributed by atoms with Gasteiger partial charge in [-0.1, -0.05) is 60.1 Å². The summed E-state index contributed by atoms with van der Waals surface area (Å²) >= 11 is 0. The number of amides is 1. The maximum atomic E-state index is 14.5. The van der Waals surface area contributed by atoms with Crippen LogP contribution in [-0.2, 0) is 16.8 Å². The van der Waals surface area contributed by atoms with E-state index in [2.05, 4.69) is 25.5 Å². The van der Waals surface area contributed by atoms with Gasteiger partial charge in [0.15, 0.2) is 11.6 Å². The molecule has 10 heteroatoms. The fourth-order valence-corrected chi connectivity index (χ4v) is 4.96. The molecule has 2 aliphatic carbocycles. The number of anilines is 2. The van der Waals surface area contributed by atoms with Crippen molar-refractivity contribution in [3.8, 4) is 22.9 Å². The van der Waals surface area contributed by atoms with Gasteiger partial charge in [0, 0.05) is 12.5 Å². The molecule has 1 saturated carbocycles. The van der Waals surface area contributed by atoms with Crippen molar-refractivity contribution < 1.29 is 13.7 Å². The molecular weight excluding hydrogens is 485 g/mol. The number of halogens is 1. The van der Waals surface area contributed by atoms with Gasteiger partial charge >= 0.3 is 0 Å². The maximum Gasteiger partial charge on any atom is 0.235 e. The average molecular weight is 512 g/mol. The Morgan fingerprint density at radius 3 is 2.74 bits per heavy atom. The number of benzene rings is 1. The molecule has 0 radical (unpaired) electrons. The van der Waals surface area contributed by atoms with Gasteiger partial charge in [0.2, 0.25) is 5.91 Å². The second-order valence-electron chi connectivity index (χ2n) is 9.58. The zero-order valence-electron chi connectivity index (χ0n) is 20.5. The van der Waals surface area contributed by atoms with Crippen molar-refractivity contribution in [2.45, 2.75) is 43.8 Å². The Bertz CT molecular complexity index is 1520. The molecule has 0 bridgehead atoms.